The van der Waals surface area contributed by atoms with Gasteiger partial charge in [0.2, 0.25) is 21.8 Å². The molecule has 0 heterocycles. The number of carbonyl (C=O) groups is 2. The SMILES string of the molecule is CCCNC(=O)C(C)N(CCc1ccccc1)C(=O)CN(c1ccc(Cl)cc1C)S(C)(=O)=O. The van der Waals surface area contributed by atoms with E-state index in [9.17, 15) is 18.0 Å². The third-order valence-corrected chi connectivity index (χ3v) is 6.67. The Bertz CT molecular complexity index is 1060. The van der Waals surface area contributed by atoms with E-state index >= 15 is 0 Å². The largest absolute Gasteiger partial charge is 0.354 e. The van der Waals surface area contributed by atoms with Gasteiger partial charge in [0.25, 0.3) is 0 Å². The average molecular weight is 494 g/mol. The summed E-state index contributed by atoms with van der Waals surface area (Å²) in [6, 6.07) is 13.7. The third-order valence-electron chi connectivity index (χ3n) is 5.31. The number of sulfonamides is 1. The molecule has 33 heavy (non-hydrogen) atoms. The van der Waals surface area contributed by atoms with Crippen molar-refractivity contribution < 1.29 is 18.0 Å². The maximum absolute atomic E-state index is 13.4. The predicted molar refractivity (Wildman–Crippen MR) is 133 cm³/mol. The smallest absolute Gasteiger partial charge is 0.244 e. The number of hydrogen-bond acceptors (Lipinski definition) is 4. The number of nitrogens with zero attached hydrogens (tertiary/aromatic N) is 2. The summed E-state index contributed by atoms with van der Waals surface area (Å²) in [5.41, 5.74) is 2.02. The number of rotatable bonds is 11. The maximum Gasteiger partial charge on any atom is 0.244 e. The van der Waals surface area contributed by atoms with Crippen LogP contribution >= 0.6 is 11.6 Å². The van der Waals surface area contributed by atoms with Gasteiger partial charge in [-0.3, -0.25) is 13.9 Å². The Morgan fingerprint density at radius 1 is 1.12 bits per heavy atom. The van der Waals surface area contributed by atoms with E-state index in [0.29, 0.717) is 29.2 Å². The Kier molecular flexibility index (Phi) is 9.73. The molecule has 2 aromatic carbocycles. The van der Waals surface area contributed by atoms with E-state index in [4.69, 9.17) is 11.6 Å². The lowest BCUT2D eigenvalue weighted by Crippen LogP contribution is -2.52. The van der Waals surface area contributed by atoms with Gasteiger partial charge in [0.1, 0.15) is 12.6 Å². The molecular formula is C24H32ClN3O4S. The van der Waals surface area contributed by atoms with Crippen LogP contribution in [-0.2, 0) is 26.0 Å². The van der Waals surface area contributed by atoms with Crippen LogP contribution in [-0.4, -0.2) is 57.1 Å². The molecule has 0 saturated carbocycles. The molecule has 1 unspecified atom stereocenters. The second-order valence-corrected chi connectivity index (χ2v) is 10.3. The van der Waals surface area contributed by atoms with Crippen molar-refractivity contribution in [3.8, 4) is 0 Å². The zero-order valence-electron chi connectivity index (χ0n) is 19.5. The molecule has 0 bridgehead atoms. The third kappa shape index (κ3) is 7.75. The van der Waals surface area contributed by atoms with E-state index in [1.54, 1.807) is 32.0 Å². The molecule has 0 aliphatic heterocycles. The highest BCUT2D eigenvalue weighted by Gasteiger charge is 2.30. The minimum atomic E-state index is -3.77. The normalized spacial score (nSPS) is 12.2. The summed E-state index contributed by atoms with van der Waals surface area (Å²) in [4.78, 5) is 27.5. The van der Waals surface area contributed by atoms with Gasteiger partial charge in [-0.15, -0.1) is 0 Å². The number of nitrogens with one attached hydrogen (secondary N) is 1. The summed E-state index contributed by atoms with van der Waals surface area (Å²) < 4.78 is 26.3. The summed E-state index contributed by atoms with van der Waals surface area (Å²) in [5.74, 6) is -0.725. The molecule has 2 rings (SSSR count). The first kappa shape index (κ1) is 26.7. The van der Waals surface area contributed by atoms with Gasteiger partial charge < -0.3 is 10.2 Å². The number of carbonyl (C=O) groups excluding carboxylic acids is 2. The van der Waals surface area contributed by atoms with E-state index < -0.39 is 28.5 Å². The van der Waals surface area contributed by atoms with Gasteiger partial charge in [-0.05, 0) is 56.0 Å². The lowest BCUT2D eigenvalue weighted by Gasteiger charge is -2.32. The highest BCUT2D eigenvalue weighted by atomic mass is 35.5. The van der Waals surface area contributed by atoms with Gasteiger partial charge in [-0.1, -0.05) is 48.9 Å². The summed E-state index contributed by atoms with van der Waals surface area (Å²) in [7, 11) is -3.77. The van der Waals surface area contributed by atoms with Crippen LogP contribution in [0.25, 0.3) is 0 Å². The van der Waals surface area contributed by atoms with Gasteiger partial charge in [0, 0.05) is 18.1 Å². The standard InChI is InChI=1S/C24H32ClN3O4S/c1-5-14-26-24(30)19(3)27(15-13-20-9-7-6-8-10-20)23(29)17-28(33(4,31)32)22-12-11-21(25)16-18(22)2/h6-12,16,19H,5,13-15,17H2,1-4H3,(H,26,30). The highest BCUT2D eigenvalue weighted by molar-refractivity contribution is 7.92. The van der Waals surface area contributed by atoms with E-state index in [0.717, 1.165) is 22.5 Å². The van der Waals surface area contributed by atoms with Crippen LogP contribution in [0.3, 0.4) is 0 Å². The molecule has 0 saturated heterocycles. The first-order chi connectivity index (χ1) is 15.5. The van der Waals surface area contributed by atoms with Crippen molar-refractivity contribution in [2.75, 3.05) is 30.2 Å². The molecule has 0 aliphatic rings. The molecular weight excluding hydrogens is 462 g/mol. The fourth-order valence-corrected chi connectivity index (χ4v) is 4.59. The van der Waals surface area contributed by atoms with E-state index in [1.807, 2.05) is 37.3 Å². The number of halogens is 1. The van der Waals surface area contributed by atoms with Crippen LogP contribution in [0.4, 0.5) is 5.69 Å². The Morgan fingerprint density at radius 3 is 2.36 bits per heavy atom. The van der Waals surface area contributed by atoms with Crippen LogP contribution in [0.5, 0.6) is 0 Å². The van der Waals surface area contributed by atoms with Gasteiger partial charge in [0.05, 0.1) is 11.9 Å². The Hall–Kier alpha value is -2.58. The summed E-state index contributed by atoms with van der Waals surface area (Å²) in [6.45, 7) is 5.71. The van der Waals surface area contributed by atoms with E-state index in [2.05, 4.69) is 5.32 Å². The van der Waals surface area contributed by atoms with Crippen LogP contribution in [0.2, 0.25) is 5.02 Å². The fraction of sp³-hybridized carbons (Fsp3) is 0.417. The van der Waals surface area contributed by atoms with Crippen LogP contribution in [0, 0.1) is 6.92 Å². The minimum Gasteiger partial charge on any atom is -0.354 e. The molecule has 2 aromatic rings. The number of anilines is 1. The molecule has 1 N–H and O–H groups in total. The van der Waals surface area contributed by atoms with Crippen molar-refractivity contribution in [1.29, 1.82) is 0 Å². The number of hydrogen-bond donors (Lipinski definition) is 1. The van der Waals surface area contributed by atoms with Gasteiger partial charge in [-0.2, -0.15) is 0 Å². The first-order valence-corrected chi connectivity index (χ1v) is 13.1. The quantitative estimate of drug-likeness (QED) is 0.519. The molecule has 2 amide bonds. The van der Waals surface area contributed by atoms with Gasteiger partial charge in [0.15, 0.2) is 0 Å². The van der Waals surface area contributed by atoms with Crippen molar-refractivity contribution >= 4 is 39.1 Å². The van der Waals surface area contributed by atoms with E-state index in [1.165, 1.54) is 4.90 Å². The summed E-state index contributed by atoms with van der Waals surface area (Å²) in [6.07, 6.45) is 2.37. The Morgan fingerprint density at radius 2 is 1.79 bits per heavy atom. The van der Waals surface area contributed by atoms with Crippen molar-refractivity contribution in [3.63, 3.8) is 0 Å². The number of amides is 2. The first-order valence-electron chi connectivity index (χ1n) is 10.9. The van der Waals surface area contributed by atoms with Crippen molar-refractivity contribution in [2.24, 2.45) is 0 Å². The minimum absolute atomic E-state index is 0.271. The topological polar surface area (TPSA) is 86.8 Å². The van der Waals surface area contributed by atoms with Crippen molar-refractivity contribution in [2.45, 2.75) is 39.7 Å². The maximum atomic E-state index is 13.4. The summed E-state index contributed by atoms with van der Waals surface area (Å²) >= 11 is 6.02. The number of benzene rings is 2. The Balaban J connectivity index is 2.32. The number of aryl methyl sites for hydroxylation is 1. The molecule has 0 aliphatic carbocycles. The van der Waals surface area contributed by atoms with Crippen LogP contribution in [0.15, 0.2) is 48.5 Å². The molecule has 1 atom stereocenters. The fourth-order valence-electron chi connectivity index (χ4n) is 3.46. The molecule has 9 heteroatoms. The Labute approximate surface area is 201 Å². The summed E-state index contributed by atoms with van der Waals surface area (Å²) in [5, 5.41) is 3.29. The second-order valence-electron chi connectivity index (χ2n) is 7.99. The van der Waals surface area contributed by atoms with Gasteiger partial charge >= 0.3 is 0 Å². The van der Waals surface area contributed by atoms with Gasteiger partial charge in [-0.25, -0.2) is 8.42 Å². The molecule has 0 spiro atoms. The monoisotopic (exact) mass is 493 g/mol. The zero-order chi connectivity index (χ0) is 24.6. The molecule has 180 valence electrons. The lowest BCUT2D eigenvalue weighted by atomic mass is 10.1. The highest BCUT2D eigenvalue weighted by Crippen LogP contribution is 2.26. The average Bonchev–Trinajstić information content (AvgIpc) is 2.76. The molecule has 0 radical (unpaired) electrons. The molecule has 7 nitrogen and oxygen atoms in total. The zero-order valence-corrected chi connectivity index (χ0v) is 21.1. The lowest BCUT2D eigenvalue weighted by molar-refractivity contribution is -0.138. The predicted octanol–water partition coefficient (Wildman–Crippen LogP) is 3.40. The van der Waals surface area contributed by atoms with Crippen molar-refractivity contribution in [1.82, 2.24) is 10.2 Å². The van der Waals surface area contributed by atoms with E-state index in [-0.39, 0.29) is 12.5 Å². The van der Waals surface area contributed by atoms with Crippen LogP contribution < -0.4 is 9.62 Å². The second kappa shape index (κ2) is 12.0. The molecule has 0 aromatic heterocycles. The molecule has 0 fully saturated rings. The van der Waals surface area contributed by atoms with Crippen LogP contribution in [0.1, 0.15) is 31.4 Å². The van der Waals surface area contributed by atoms with Crippen molar-refractivity contribution in [3.05, 3.63) is 64.7 Å².